The van der Waals surface area contributed by atoms with Gasteiger partial charge in [-0.05, 0) is 72.8 Å². The molecule has 0 bridgehead atoms. The Morgan fingerprint density at radius 2 is 1.27 bits per heavy atom. The van der Waals surface area contributed by atoms with Gasteiger partial charge >= 0.3 is 0 Å². The van der Waals surface area contributed by atoms with Crippen LogP contribution in [-0.4, -0.2) is 106 Å². The van der Waals surface area contributed by atoms with Crippen molar-refractivity contribution in [3.05, 3.63) is 56.8 Å². The van der Waals surface area contributed by atoms with E-state index in [4.69, 9.17) is 47.3 Å². The Balaban J connectivity index is 2.11. The van der Waals surface area contributed by atoms with Gasteiger partial charge in [-0.3, -0.25) is 29.0 Å². The molecule has 1 aromatic heterocycles. The highest BCUT2D eigenvalue weighted by atomic mass is 16.5. The molecule has 4 amide bonds. The topological polar surface area (TPSA) is 337 Å². The molecule has 2 aromatic carbocycles. The average Bonchev–Trinajstić information content (AvgIpc) is 3.23. The maximum Gasteiger partial charge on any atom is 0.258 e. The maximum atomic E-state index is 14.6. The molecule has 0 spiro atoms. The molecule has 0 aliphatic heterocycles. The fourth-order valence-corrected chi connectivity index (χ4v) is 6.43. The first-order chi connectivity index (χ1) is 30.1. The molecule has 0 aliphatic carbocycles. The third-order valence-electron chi connectivity index (χ3n) is 9.49. The molecular formula is C43H64N10O10. The van der Waals surface area contributed by atoms with Gasteiger partial charge in [-0.15, -0.1) is 0 Å². The lowest BCUT2D eigenvalue weighted by molar-refractivity contribution is -0.130. The molecule has 0 aliphatic rings. The zero-order valence-corrected chi connectivity index (χ0v) is 36.8. The predicted octanol–water partition coefficient (Wildman–Crippen LogP) is 0.347. The number of rotatable bonds is 26. The van der Waals surface area contributed by atoms with Gasteiger partial charge in [0.05, 0.1) is 12.5 Å². The molecule has 2 atom stereocenters. The Kier molecular flexibility index (Phi) is 20.7. The van der Waals surface area contributed by atoms with Crippen LogP contribution in [0.4, 0.5) is 0 Å². The molecule has 3 aromatic rings. The monoisotopic (exact) mass is 880 g/mol. The second-order valence-corrected chi connectivity index (χ2v) is 15.1. The molecule has 20 heteroatoms. The predicted molar refractivity (Wildman–Crippen MR) is 242 cm³/mol. The summed E-state index contributed by atoms with van der Waals surface area (Å²) in [6, 6.07) is 0.968. The van der Waals surface area contributed by atoms with Gasteiger partial charge in [-0.1, -0.05) is 23.3 Å². The Labute approximate surface area is 366 Å². The van der Waals surface area contributed by atoms with Crippen molar-refractivity contribution in [3.63, 3.8) is 0 Å². The number of guanidine groups is 1. The number of hydrogen-bond donors (Lipinski definition) is 10. The highest BCUT2D eigenvalue weighted by molar-refractivity contribution is 5.98. The van der Waals surface area contributed by atoms with E-state index in [1.807, 2.05) is 39.8 Å². The van der Waals surface area contributed by atoms with Crippen molar-refractivity contribution in [3.8, 4) is 23.0 Å². The van der Waals surface area contributed by atoms with Crippen LogP contribution in [0, 0.1) is 0 Å². The van der Waals surface area contributed by atoms with Crippen LogP contribution in [-0.2, 0) is 32.0 Å². The van der Waals surface area contributed by atoms with Crippen LogP contribution in [0.5, 0.6) is 23.0 Å². The van der Waals surface area contributed by atoms with Crippen molar-refractivity contribution in [1.29, 1.82) is 0 Å². The van der Waals surface area contributed by atoms with Gasteiger partial charge in [0, 0.05) is 56.0 Å². The summed E-state index contributed by atoms with van der Waals surface area (Å²) >= 11 is 0. The van der Waals surface area contributed by atoms with Crippen molar-refractivity contribution < 1.29 is 42.9 Å². The van der Waals surface area contributed by atoms with Gasteiger partial charge in [-0.2, -0.15) is 0 Å². The fraction of sp³-hybridized carbons (Fsp3) is 0.488. The highest BCUT2D eigenvalue weighted by Gasteiger charge is 2.27. The number of ether oxygens (including phenoxy) is 3. The second kappa shape index (κ2) is 25.5. The molecule has 1 heterocycles. The number of benzene rings is 2. The largest absolute Gasteiger partial charge is 0.507 e. The first-order valence-electron chi connectivity index (χ1n) is 20.7. The number of nitrogens with two attached hydrogens (primary N) is 5. The summed E-state index contributed by atoms with van der Waals surface area (Å²) in [6.07, 6.45) is 5.35. The Bertz CT molecular complexity index is 2230. The zero-order valence-electron chi connectivity index (χ0n) is 36.8. The number of aliphatic imine (C=N–C) groups is 1. The number of carbonyl (C=O) groups is 4. The van der Waals surface area contributed by atoms with Crippen molar-refractivity contribution >= 4 is 51.5 Å². The van der Waals surface area contributed by atoms with Gasteiger partial charge in [0.15, 0.2) is 30.7 Å². The van der Waals surface area contributed by atoms with E-state index in [-0.39, 0.29) is 109 Å². The SMILES string of the molecule is COc1c(OCC(=O)NC(CCCN)C(=O)NCCN)cc2oc3cc(OCC(=O)NC(CCCN=C(N)N)C(=O)NCCN)c(CC=C(C)C)c(O)c3c(=O)c2c1CC=C(C)C. The first-order valence-corrected chi connectivity index (χ1v) is 20.7. The minimum atomic E-state index is -0.958. The van der Waals surface area contributed by atoms with E-state index >= 15 is 0 Å². The number of nitrogens with one attached hydrogen (secondary N) is 4. The van der Waals surface area contributed by atoms with E-state index < -0.39 is 60.1 Å². The lowest BCUT2D eigenvalue weighted by atomic mass is 9.98. The quantitative estimate of drug-likeness (QED) is 0.0171. The van der Waals surface area contributed by atoms with E-state index in [1.54, 1.807) is 0 Å². The summed E-state index contributed by atoms with van der Waals surface area (Å²) in [4.78, 5) is 70.6. The Hall–Kier alpha value is -6.38. The van der Waals surface area contributed by atoms with Gasteiger partial charge in [0.2, 0.25) is 17.2 Å². The molecule has 63 heavy (non-hydrogen) atoms. The number of carbonyl (C=O) groups excluding carboxylic acids is 4. The van der Waals surface area contributed by atoms with Crippen LogP contribution in [0.15, 0.2) is 49.6 Å². The van der Waals surface area contributed by atoms with E-state index in [9.17, 15) is 29.1 Å². The number of allylic oxidation sites excluding steroid dienone is 4. The van der Waals surface area contributed by atoms with Crippen molar-refractivity contribution in [2.24, 2.45) is 33.7 Å². The van der Waals surface area contributed by atoms with Gasteiger partial charge in [0.1, 0.15) is 40.1 Å². The lowest BCUT2D eigenvalue weighted by Crippen LogP contribution is -2.49. The zero-order chi connectivity index (χ0) is 46.6. The third-order valence-corrected chi connectivity index (χ3v) is 9.49. The number of amides is 4. The molecule has 15 N–H and O–H groups in total. The van der Waals surface area contributed by atoms with Gasteiger partial charge in [-0.25, -0.2) is 0 Å². The molecule has 0 saturated heterocycles. The smallest absolute Gasteiger partial charge is 0.258 e. The number of hydrogen-bond acceptors (Lipinski definition) is 14. The van der Waals surface area contributed by atoms with Crippen LogP contribution in [0.2, 0.25) is 0 Å². The number of methoxy groups -OCH3 is 1. The maximum absolute atomic E-state index is 14.6. The first kappa shape index (κ1) is 51.0. The summed E-state index contributed by atoms with van der Waals surface area (Å²) < 4.78 is 24.1. The van der Waals surface area contributed by atoms with Crippen LogP contribution in [0.3, 0.4) is 0 Å². The molecule has 0 saturated carbocycles. The molecule has 20 nitrogen and oxygen atoms in total. The molecule has 0 radical (unpaired) electrons. The van der Waals surface area contributed by atoms with Crippen LogP contribution < -0.4 is 69.6 Å². The number of fused-ring (bicyclic) bond motifs is 2. The van der Waals surface area contributed by atoms with E-state index in [0.717, 1.165) is 11.1 Å². The third kappa shape index (κ3) is 15.2. The van der Waals surface area contributed by atoms with E-state index in [2.05, 4.69) is 26.3 Å². The van der Waals surface area contributed by atoms with Crippen molar-refractivity contribution in [1.82, 2.24) is 21.3 Å². The minimum Gasteiger partial charge on any atom is -0.507 e. The Morgan fingerprint density at radius 3 is 1.78 bits per heavy atom. The molecule has 3 rings (SSSR count). The van der Waals surface area contributed by atoms with Crippen LogP contribution in [0.1, 0.15) is 64.5 Å². The summed E-state index contributed by atoms with van der Waals surface area (Å²) in [5.74, 6) is -2.39. The van der Waals surface area contributed by atoms with Gasteiger partial charge < -0.3 is 73.7 Å². The fourth-order valence-electron chi connectivity index (χ4n) is 6.43. The van der Waals surface area contributed by atoms with Crippen molar-refractivity contribution in [2.45, 2.75) is 78.3 Å². The summed E-state index contributed by atoms with van der Waals surface area (Å²) in [7, 11) is 1.39. The number of nitrogens with zero attached hydrogens (tertiary/aromatic N) is 1. The number of phenolic OH excluding ortho intramolecular Hbond substituents is 1. The number of phenols is 1. The summed E-state index contributed by atoms with van der Waals surface area (Å²) in [5, 5.41) is 22.5. The average molecular weight is 881 g/mol. The van der Waals surface area contributed by atoms with E-state index in [0.29, 0.717) is 24.9 Å². The van der Waals surface area contributed by atoms with Crippen LogP contribution in [0.25, 0.3) is 21.9 Å². The normalized spacial score (nSPS) is 11.8. The minimum absolute atomic E-state index is 0.0371. The highest BCUT2D eigenvalue weighted by Crippen LogP contribution is 2.41. The molecule has 2 unspecified atom stereocenters. The summed E-state index contributed by atoms with van der Waals surface area (Å²) in [5.41, 5.74) is 29.4. The van der Waals surface area contributed by atoms with E-state index in [1.165, 1.54) is 19.2 Å². The Morgan fingerprint density at radius 1 is 0.762 bits per heavy atom. The molecule has 0 fully saturated rings. The van der Waals surface area contributed by atoms with Crippen molar-refractivity contribution in [2.75, 3.05) is 59.6 Å². The summed E-state index contributed by atoms with van der Waals surface area (Å²) in [6.45, 7) is 7.76. The lowest BCUT2D eigenvalue weighted by Gasteiger charge is -2.20. The number of aromatic hydroxyl groups is 1. The molecular weight excluding hydrogens is 817 g/mol. The second-order valence-electron chi connectivity index (χ2n) is 15.1. The van der Waals surface area contributed by atoms with Crippen LogP contribution >= 0.6 is 0 Å². The standard InChI is InChI=1S/C43H64N10O10/c1-24(2)10-12-26-30(61-22-34(54)53-29(42(59)50-19-16-46)9-7-17-51-43(47)48)20-32-37(38(26)56)39(57)36-27(13-11-25(3)4)40(60-5)33(21-31(36)63-32)62-23-35(55)52-28(8-6-14-44)41(58)49-18-15-45/h10-11,20-21,28-29,56H,6-9,12-19,22-23,44-46H2,1-5H3,(H,49,58)(H,50,59)(H,52,55)(H,53,54)(H4,47,48,51). The van der Waals surface area contributed by atoms with Gasteiger partial charge in [0.25, 0.3) is 11.8 Å². The molecule has 346 valence electrons.